The standard InChI is InChI=1S/C15H22N4O3/c1-15(2,3)22-14(20)19-6-4-11(5-7-19)8-12-13(18-21)9-16-10-17-12/h8-10,18,21H,4-7H2,1-3H3. The Hall–Kier alpha value is -2.15. The van der Waals surface area contributed by atoms with Crippen molar-refractivity contribution in [1.29, 1.82) is 0 Å². The monoisotopic (exact) mass is 306 g/mol. The topological polar surface area (TPSA) is 87.6 Å². The maximum atomic E-state index is 12.0. The molecule has 1 saturated heterocycles. The predicted octanol–water partition coefficient (Wildman–Crippen LogP) is 2.69. The number of likely N-dealkylation sites (tertiary alicyclic amines) is 1. The van der Waals surface area contributed by atoms with Crippen molar-refractivity contribution in [2.24, 2.45) is 0 Å². The first-order chi connectivity index (χ1) is 10.4. The summed E-state index contributed by atoms with van der Waals surface area (Å²) in [5.41, 5.74) is 3.88. The second-order valence-corrected chi connectivity index (χ2v) is 6.20. The quantitative estimate of drug-likeness (QED) is 0.817. The third-order valence-corrected chi connectivity index (χ3v) is 3.26. The van der Waals surface area contributed by atoms with Crippen LogP contribution in [0.5, 0.6) is 0 Å². The number of hydrogen-bond acceptors (Lipinski definition) is 6. The first kappa shape index (κ1) is 16.2. The van der Waals surface area contributed by atoms with E-state index in [-0.39, 0.29) is 6.09 Å². The van der Waals surface area contributed by atoms with E-state index in [4.69, 9.17) is 9.94 Å². The van der Waals surface area contributed by atoms with Crippen molar-refractivity contribution >= 4 is 17.9 Å². The Morgan fingerprint density at radius 1 is 1.41 bits per heavy atom. The van der Waals surface area contributed by atoms with E-state index in [1.54, 1.807) is 4.90 Å². The number of hydrogen-bond donors (Lipinski definition) is 2. The van der Waals surface area contributed by atoms with Gasteiger partial charge < -0.3 is 9.64 Å². The van der Waals surface area contributed by atoms with Crippen LogP contribution < -0.4 is 5.48 Å². The zero-order chi connectivity index (χ0) is 16.2. The van der Waals surface area contributed by atoms with Crippen LogP contribution in [0, 0.1) is 0 Å². The zero-order valence-electron chi connectivity index (χ0n) is 13.2. The molecule has 2 N–H and O–H groups in total. The molecule has 2 rings (SSSR count). The lowest BCUT2D eigenvalue weighted by molar-refractivity contribution is 0.0237. The van der Waals surface area contributed by atoms with E-state index >= 15 is 0 Å². The van der Waals surface area contributed by atoms with Gasteiger partial charge in [0.2, 0.25) is 0 Å². The number of nitrogens with zero attached hydrogens (tertiary/aromatic N) is 3. The van der Waals surface area contributed by atoms with Crippen molar-refractivity contribution in [2.75, 3.05) is 18.6 Å². The number of piperidine rings is 1. The number of amides is 1. The maximum Gasteiger partial charge on any atom is 0.410 e. The molecule has 0 radical (unpaired) electrons. The second-order valence-electron chi connectivity index (χ2n) is 6.20. The van der Waals surface area contributed by atoms with Gasteiger partial charge in [-0.1, -0.05) is 5.57 Å². The van der Waals surface area contributed by atoms with E-state index < -0.39 is 5.60 Å². The third kappa shape index (κ3) is 4.42. The summed E-state index contributed by atoms with van der Waals surface area (Å²) in [6.07, 6.45) is 6.11. The molecule has 1 aliphatic heterocycles. The number of ether oxygens (including phenoxy) is 1. The fourth-order valence-corrected chi connectivity index (χ4v) is 2.18. The number of aromatic nitrogens is 2. The molecule has 2 heterocycles. The molecule has 0 saturated carbocycles. The van der Waals surface area contributed by atoms with Crippen LogP contribution in [0.15, 0.2) is 18.1 Å². The van der Waals surface area contributed by atoms with E-state index in [1.165, 1.54) is 18.1 Å². The second kappa shape index (κ2) is 6.74. The Kier molecular flexibility index (Phi) is 4.97. The summed E-state index contributed by atoms with van der Waals surface area (Å²) in [4.78, 5) is 21.7. The van der Waals surface area contributed by atoms with Crippen LogP contribution >= 0.6 is 0 Å². The van der Waals surface area contributed by atoms with Gasteiger partial charge in [0.1, 0.15) is 17.6 Å². The lowest BCUT2D eigenvalue weighted by atomic mass is 10.0. The van der Waals surface area contributed by atoms with Crippen LogP contribution in [-0.4, -0.2) is 44.9 Å². The first-order valence-corrected chi connectivity index (χ1v) is 7.26. The fourth-order valence-electron chi connectivity index (χ4n) is 2.18. The minimum Gasteiger partial charge on any atom is -0.444 e. The molecule has 0 atom stereocenters. The highest BCUT2D eigenvalue weighted by Crippen LogP contribution is 2.22. The summed E-state index contributed by atoms with van der Waals surface area (Å²) >= 11 is 0. The summed E-state index contributed by atoms with van der Waals surface area (Å²) in [5, 5.41) is 9.04. The van der Waals surface area contributed by atoms with E-state index in [2.05, 4.69) is 15.4 Å². The van der Waals surface area contributed by atoms with Gasteiger partial charge in [-0.25, -0.2) is 14.8 Å². The zero-order valence-corrected chi connectivity index (χ0v) is 13.2. The minimum absolute atomic E-state index is 0.272. The number of anilines is 1. The van der Waals surface area contributed by atoms with Gasteiger partial charge in [0.05, 0.1) is 11.9 Å². The Bertz CT molecular complexity index is 556. The number of rotatable bonds is 2. The molecule has 0 unspecified atom stereocenters. The number of carbonyl (C=O) groups is 1. The lowest BCUT2D eigenvalue weighted by Crippen LogP contribution is -2.40. The average Bonchev–Trinajstić information content (AvgIpc) is 2.47. The summed E-state index contributed by atoms with van der Waals surface area (Å²) < 4.78 is 5.37. The van der Waals surface area contributed by atoms with Crippen molar-refractivity contribution in [1.82, 2.24) is 14.9 Å². The molecule has 0 aromatic carbocycles. The van der Waals surface area contributed by atoms with Gasteiger partial charge in [0.25, 0.3) is 0 Å². The highest BCUT2D eigenvalue weighted by atomic mass is 16.6. The van der Waals surface area contributed by atoms with Crippen LogP contribution in [0.3, 0.4) is 0 Å². The molecule has 1 aromatic rings. The fraction of sp³-hybridized carbons (Fsp3) is 0.533. The van der Waals surface area contributed by atoms with E-state index in [0.717, 1.165) is 12.8 Å². The van der Waals surface area contributed by atoms with Crippen LogP contribution in [-0.2, 0) is 4.74 Å². The molecule has 1 aliphatic rings. The predicted molar refractivity (Wildman–Crippen MR) is 82.5 cm³/mol. The highest BCUT2D eigenvalue weighted by molar-refractivity contribution is 5.69. The van der Waals surface area contributed by atoms with E-state index in [0.29, 0.717) is 24.5 Å². The van der Waals surface area contributed by atoms with Gasteiger partial charge in [0.15, 0.2) is 0 Å². The van der Waals surface area contributed by atoms with Crippen LogP contribution in [0.25, 0.3) is 6.08 Å². The summed E-state index contributed by atoms with van der Waals surface area (Å²) in [5.74, 6) is 0. The molecule has 0 bridgehead atoms. The van der Waals surface area contributed by atoms with Crippen molar-refractivity contribution in [3.05, 3.63) is 23.8 Å². The molecular weight excluding hydrogens is 284 g/mol. The van der Waals surface area contributed by atoms with Gasteiger partial charge in [-0.2, -0.15) is 0 Å². The normalized spacial score (nSPS) is 15.5. The van der Waals surface area contributed by atoms with Crippen molar-refractivity contribution < 1.29 is 14.7 Å². The Balaban J connectivity index is 1.97. The van der Waals surface area contributed by atoms with Crippen molar-refractivity contribution in [3.8, 4) is 0 Å². The highest BCUT2D eigenvalue weighted by Gasteiger charge is 2.24. The average molecular weight is 306 g/mol. The Labute approximate surface area is 130 Å². The van der Waals surface area contributed by atoms with Gasteiger partial charge in [-0.15, -0.1) is 0 Å². The molecule has 7 nitrogen and oxygen atoms in total. The molecule has 0 aliphatic carbocycles. The van der Waals surface area contributed by atoms with Crippen molar-refractivity contribution in [2.45, 2.75) is 39.2 Å². The van der Waals surface area contributed by atoms with Crippen LogP contribution in [0.4, 0.5) is 10.5 Å². The van der Waals surface area contributed by atoms with Gasteiger partial charge >= 0.3 is 6.09 Å². The van der Waals surface area contributed by atoms with Crippen LogP contribution in [0.1, 0.15) is 39.3 Å². The molecule has 1 amide bonds. The van der Waals surface area contributed by atoms with Crippen molar-refractivity contribution in [3.63, 3.8) is 0 Å². The lowest BCUT2D eigenvalue weighted by Gasteiger charge is -2.31. The van der Waals surface area contributed by atoms with Gasteiger partial charge in [-0.3, -0.25) is 10.7 Å². The summed E-state index contributed by atoms with van der Waals surface area (Å²) in [6.45, 7) is 6.82. The minimum atomic E-state index is -0.476. The molecular formula is C15H22N4O3. The maximum absolute atomic E-state index is 12.0. The smallest absolute Gasteiger partial charge is 0.410 e. The SMILES string of the molecule is CC(C)(C)OC(=O)N1CCC(=Cc2ncncc2NO)CC1. The van der Waals surface area contributed by atoms with E-state index in [1.807, 2.05) is 26.8 Å². The van der Waals surface area contributed by atoms with E-state index in [9.17, 15) is 4.79 Å². The largest absolute Gasteiger partial charge is 0.444 e. The van der Waals surface area contributed by atoms with Gasteiger partial charge in [0, 0.05) is 13.1 Å². The molecule has 1 aromatic heterocycles. The first-order valence-electron chi connectivity index (χ1n) is 7.26. The van der Waals surface area contributed by atoms with Crippen LogP contribution in [0.2, 0.25) is 0 Å². The van der Waals surface area contributed by atoms with Gasteiger partial charge in [-0.05, 0) is 39.7 Å². The number of carbonyl (C=O) groups excluding carboxylic acids is 1. The molecule has 7 heteroatoms. The molecule has 1 fully saturated rings. The third-order valence-electron chi connectivity index (χ3n) is 3.26. The summed E-state index contributed by atoms with van der Waals surface area (Å²) in [6, 6.07) is 0. The molecule has 0 spiro atoms. The Morgan fingerprint density at radius 3 is 2.68 bits per heavy atom. The molecule has 22 heavy (non-hydrogen) atoms. The molecule has 120 valence electrons. The summed E-state index contributed by atoms with van der Waals surface area (Å²) in [7, 11) is 0. The Morgan fingerprint density at radius 2 is 2.09 bits per heavy atom. The number of nitrogens with one attached hydrogen (secondary N) is 1.